The first-order chi connectivity index (χ1) is 10.6. The van der Waals surface area contributed by atoms with E-state index >= 15 is 0 Å². The van der Waals surface area contributed by atoms with Crippen LogP contribution in [0.15, 0.2) is 28.7 Å². The van der Waals surface area contributed by atoms with Crippen LogP contribution in [0, 0.1) is 0 Å². The van der Waals surface area contributed by atoms with E-state index in [-0.39, 0.29) is 11.8 Å². The summed E-state index contributed by atoms with van der Waals surface area (Å²) in [5.41, 5.74) is 0.644. The van der Waals surface area contributed by atoms with Gasteiger partial charge in [0.15, 0.2) is 0 Å². The van der Waals surface area contributed by atoms with Gasteiger partial charge in [0.05, 0.1) is 0 Å². The second kappa shape index (κ2) is 8.29. The van der Waals surface area contributed by atoms with Crippen molar-refractivity contribution in [3.05, 3.63) is 34.3 Å². The molecule has 0 bridgehead atoms. The van der Waals surface area contributed by atoms with Crippen molar-refractivity contribution < 1.29 is 9.59 Å². The largest absolute Gasteiger partial charge is 0.340 e. The Balaban J connectivity index is 1.91. The normalized spacial score (nSPS) is 14.7. The van der Waals surface area contributed by atoms with E-state index in [4.69, 9.17) is 0 Å². The average Bonchev–Trinajstić information content (AvgIpc) is 2.55. The average molecular weight is 368 g/mol. The Labute approximate surface area is 139 Å². The van der Waals surface area contributed by atoms with Gasteiger partial charge >= 0.3 is 0 Å². The third-order valence-corrected chi connectivity index (χ3v) is 4.30. The van der Waals surface area contributed by atoms with Crippen LogP contribution >= 0.6 is 15.9 Å². The summed E-state index contributed by atoms with van der Waals surface area (Å²) in [5, 5.41) is 3.23. The van der Waals surface area contributed by atoms with Crippen LogP contribution in [0.5, 0.6) is 0 Å². The summed E-state index contributed by atoms with van der Waals surface area (Å²) in [6.45, 7) is 6.20. The molecule has 1 saturated heterocycles. The Kier molecular flexibility index (Phi) is 6.39. The number of carbonyl (C=O) groups excluding carboxylic acids is 2. The molecule has 120 valence electrons. The summed E-state index contributed by atoms with van der Waals surface area (Å²) in [6.07, 6.45) is 0.383. The maximum Gasteiger partial charge on any atom is 0.253 e. The summed E-state index contributed by atoms with van der Waals surface area (Å²) in [5.74, 6) is 0.0962. The number of piperazine rings is 1. The number of halogens is 1. The quantitative estimate of drug-likeness (QED) is 0.862. The molecule has 1 aromatic rings. The molecule has 1 N–H and O–H groups in total. The van der Waals surface area contributed by atoms with E-state index in [0.717, 1.165) is 30.7 Å². The molecular formula is C16H22BrN3O2. The molecule has 1 aliphatic heterocycles. The van der Waals surface area contributed by atoms with Crippen molar-refractivity contribution in [2.24, 2.45) is 0 Å². The van der Waals surface area contributed by atoms with Crippen LogP contribution in [-0.4, -0.2) is 60.9 Å². The zero-order valence-electron chi connectivity index (χ0n) is 12.8. The van der Waals surface area contributed by atoms with Gasteiger partial charge in [-0.25, -0.2) is 0 Å². The second-order valence-corrected chi connectivity index (χ2v) is 6.19. The van der Waals surface area contributed by atoms with Crippen molar-refractivity contribution in [1.82, 2.24) is 15.1 Å². The van der Waals surface area contributed by atoms with E-state index in [1.807, 2.05) is 30.0 Å². The zero-order valence-corrected chi connectivity index (χ0v) is 14.4. The highest BCUT2D eigenvalue weighted by atomic mass is 79.9. The third-order valence-electron chi connectivity index (χ3n) is 3.81. The number of hydrogen-bond donors (Lipinski definition) is 1. The maximum absolute atomic E-state index is 12.5. The molecule has 0 unspecified atom stereocenters. The Hall–Kier alpha value is -1.40. The fourth-order valence-electron chi connectivity index (χ4n) is 2.51. The molecule has 2 rings (SSSR count). The first-order valence-electron chi connectivity index (χ1n) is 7.65. The van der Waals surface area contributed by atoms with Gasteiger partial charge in [-0.1, -0.05) is 22.0 Å². The Bertz CT molecular complexity index is 530. The van der Waals surface area contributed by atoms with Crippen molar-refractivity contribution in [3.63, 3.8) is 0 Å². The molecule has 6 heteroatoms. The van der Waals surface area contributed by atoms with Crippen molar-refractivity contribution in [3.8, 4) is 0 Å². The number of benzene rings is 1. The summed E-state index contributed by atoms with van der Waals surface area (Å²) in [6, 6.07) is 7.34. The van der Waals surface area contributed by atoms with Gasteiger partial charge in [0.1, 0.15) is 0 Å². The Morgan fingerprint density at radius 2 is 2.05 bits per heavy atom. The molecule has 1 aliphatic rings. The van der Waals surface area contributed by atoms with E-state index < -0.39 is 0 Å². The fraction of sp³-hybridized carbons (Fsp3) is 0.500. The van der Waals surface area contributed by atoms with Crippen LogP contribution in [0.1, 0.15) is 23.7 Å². The van der Waals surface area contributed by atoms with Crippen LogP contribution < -0.4 is 5.32 Å². The zero-order chi connectivity index (χ0) is 15.9. The van der Waals surface area contributed by atoms with Gasteiger partial charge in [-0.2, -0.15) is 0 Å². The monoisotopic (exact) mass is 367 g/mol. The van der Waals surface area contributed by atoms with Crippen molar-refractivity contribution in [1.29, 1.82) is 0 Å². The molecule has 1 fully saturated rings. The van der Waals surface area contributed by atoms with Crippen LogP contribution in [0.2, 0.25) is 0 Å². The molecule has 0 aromatic heterocycles. The van der Waals surface area contributed by atoms with Crippen LogP contribution in [-0.2, 0) is 4.79 Å². The van der Waals surface area contributed by atoms with E-state index in [9.17, 15) is 9.59 Å². The van der Waals surface area contributed by atoms with Gasteiger partial charge in [-0.15, -0.1) is 0 Å². The minimum Gasteiger partial charge on any atom is -0.340 e. The Morgan fingerprint density at radius 1 is 1.32 bits per heavy atom. The lowest BCUT2D eigenvalue weighted by molar-refractivity contribution is -0.131. The van der Waals surface area contributed by atoms with Crippen molar-refractivity contribution in [2.45, 2.75) is 13.3 Å². The molecule has 0 aliphatic carbocycles. The lowest BCUT2D eigenvalue weighted by Crippen LogP contribution is -2.47. The minimum absolute atomic E-state index is 0.0306. The van der Waals surface area contributed by atoms with Crippen molar-refractivity contribution >= 4 is 27.7 Å². The van der Waals surface area contributed by atoms with Gasteiger partial charge in [0.25, 0.3) is 5.91 Å². The molecule has 1 heterocycles. The molecule has 2 amide bonds. The number of nitrogens with zero attached hydrogens (tertiary/aromatic N) is 2. The van der Waals surface area contributed by atoms with E-state index in [1.54, 1.807) is 11.0 Å². The SMILES string of the molecule is CCN(CCC(=O)N1CCNCC1)C(=O)c1cccc(Br)c1. The minimum atomic E-state index is -0.0306. The molecule has 1 aromatic carbocycles. The third kappa shape index (κ3) is 4.55. The molecule has 0 spiro atoms. The second-order valence-electron chi connectivity index (χ2n) is 5.28. The fourth-order valence-corrected chi connectivity index (χ4v) is 2.91. The van der Waals surface area contributed by atoms with Crippen molar-refractivity contribution in [2.75, 3.05) is 39.3 Å². The highest BCUT2D eigenvalue weighted by Crippen LogP contribution is 2.14. The van der Waals surface area contributed by atoms with Gasteiger partial charge in [0.2, 0.25) is 5.91 Å². The predicted octanol–water partition coefficient (Wildman–Crippen LogP) is 1.73. The lowest BCUT2D eigenvalue weighted by Gasteiger charge is -2.28. The number of nitrogens with one attached hydrogen (secondary N) is 1. The van der Waals surface area contributed by atoms with Gasteiger partial charge in [0, 0.05) is 55.7 Å². The summed E-state index contributed by atoms with van der Waals surface area (Å²) in [4.78, 5) is 28.3. The standard InChI is InChI=1S/C16H22BrN3O2/c1-2-19(16(22)13-4-3-5-14(17)12-13)9-6-15(21)20-10-7-18-8-11-20/h3-5,12,18H,2,6-11H2,1H3. The van der Waals surface area contributed by atoms with E-state index in [1.165, 1.54) is 0 Å². The number of amides is 2. The smallest absolute Gasteiger partial charge is 0.253 e. The van der Waals surface area contributed by atoms with Gasteiger partial charge in [-0.05, 0) is 25.1 Å². The number of hydrogen-bond acceptors (Lipinski definition) is 3. The first kappa shape index (κ1) is 17.0. The maximum atomic E-state index is 12.5. The van der Waals surface area contributed by atoms with Gasteiger partial charge in [-0.3, -0.25) is 9.59 Å². The van der Waals surface area contributed by atoms with Crippen LogP contribution in [0.25, 0.3) is 0 Å². The Morgan fingerprint density at radius 3 is 2.68 bits per heavy atom. The molecule has 22 heavy (non-hydrogen) atoms. The molecule has 0 saturated carbocycles. The number of carbonyl (C=O) groups is 2. The summed E-state index contributed by atoms with van der Waals surface area (Å²) >= 11 is 3.38. The van der Waals surface area contributed by atoms with E-state index in [2.05, 4.69) is 21.2 Å². The first-order valence-corrected chi connectivity index (χ1v) is 8.44. The highest BCUT2D eigenvalue weighted by molar-refractivity contribution is 9.10. The topological polar surface area (TPSA) is 52.7 Å². The van der Waals surface area contributed by atoms with E-state index in [0.29, 0.717) is 25.1 Å². The molecule has 0 atom stereocenters. The molecule has 0 radical (unpaired) electrons. The highest BCUT2D eigenvalue weighted by Gasteiger charge is 2.19. The van der Waals surface area contributed by atoms with Crippen LogP contribution in [0.3, 0.4) is 0 Å². The van der Waals surface area contributed by atoms with Gasteiger partial charge < -0.3 is 15.1 Å². The molecule has 5 nitrogen and oxygen atoms in total. The predicted molar refractivity (Wildman–Crippen MR) is 89.8 cm³/mol. The van der Waals surface area contributed by atoms with Crippen LogP contribution in [0.4, 0.5) is 0 Å². The number of rotatable bonds is 5. The summed E-state index contributed by atoms with van der Waals surface area (Å²) < 4.78 is 0.881. The molecular weight excluding hydrogens is 346 g/mol. The summed E-state index contributed by atoms with van der Waals surface area (Å²) in [7, 11) is 0. The lowest BCUT2D eigenvalue weighted by atomic mass is 10.2.